The lowest BCUT2D eigenvalue weighted by Gasteiger charge is -2.18. The second kappa shape index (κ2) is 69.6. The summed E-state index contributed by atoms with van der Waals surface area (Å²) in [7, 11) is 0. The van der Waals surface area contributed by atoms with Crippen LogP contribution >= 0.6 is 0 Å². The Bertz CT molecular complexity index is 1250. The van der Waals surface area contributed by atoms with Gasteiger partial charge in [-0.1, -0.05) is 373 Å². The molecule has 0 aliphatic heterocycles. The number of esters is 3. The highest BCUT2D eigenvalue weighted by atomic mass is 16.6. The highest BCUT2D eigenvalue weighted by molar-refractivity contribution is 5.71. The third kappa shape index (κ3) is 66.9. The molecule has 0 N–H and O–H groups in total. The van der Waals surface area contributed by atoms with E-state index in [-0.39, 0.29) is 31.1 Å². The average Bonchev–Trinajstić information content (AvgIpc) is 3.46. The van der Waals surface area contributed by atoms with Gasteiger partial charge in [-0.15, -0.1) is 0 Å². The van der Waals surface area contributed by atoms with E-state index in [1.54, 1.807) is 0 Å². The SMILES string of the molecule is CCCCCCCC/C=C\CCCCCCCCCC(=O)OC(COC(=O)CCCCCCCCCCCCCCCCC)COC(=O)CCCCCCCCCCCCCCCCCCCCCCCCCCCCCCCC. The summed E-state index contributed by atoms with van der Waals surface area (Å²) < 4.78 is 17.0. The number of carbonyl (C=O) groups excluding carboxylic acids is 3. The van der Waals surface area contributed by atoms with Crippen LogP contribution in [-0.2, 0) is 28.6 Å². The molecule has 6 nitrogen and oxygen atoms in total. The second-order valence-electron chi connectivity index (χ2n) is 25.2. The lowest BCUT2D eigenvalue weighted by atomic mass is 10.0. The maximum absolute atomic E-state index is 12.9. The molecule has 0 fully saturated rings. The Labute approximate surface area is 501 Å². The van der Waals surface area contributed by atoms with Crippen LogP contribution in [0, 0.1) is 0 Å². The summed E-state index contributed by atoms with van der Waals surface area (Å²) in [5.74, 6) is -0.833. The molecule has 0 saturated carbocycles. The van der Waals surface area contributed by atoms with Gasteiger partial charge in [-0.3, -0.25) is 14.4 Å². The van der Waals surface area contributed by atoms with Gasteiger partial charge in [0.05, 0.1) is 0 Å². The summed E-state index contributed by atoms with van der Waals surface area (Å²) in [6.07, 6.45) is 84.0. The Morgan fingerprint density at radius 3 is 0.625 bits per heavy atom. The van der Waals surface area contributed by atoms with Gasteiger partial charge in [0, 0.05) is 19.3 Å². The third-order valence-electron chi connectivity index (χ3n) is 17.0. The normalized spacial score (nSPS) is 12.0. The van der Waals surface area contributed by atoms with E-state index in [1.165, 1.54) is 327 Å². The fourth-order valence-electron chi connectivity index (χ4n) is 11.5. The van der Waals surface area contributed by atoms with Gasteiger partial charge in [0.1, 0.15) is 13.2 Å². The molecule has 0 aromatic rings. The molecule has 0 aromatic heterocycles. The molecule has 0 radical (unpaired) electrons. The van der Waals surface area contributed by atoms with Gasteiger partial charge in [-0.25, -0.2) is 0 Å². The standard InChI is InChI=1S/C74H142O6/c1-4-7-10-13-16-19-22-25-28-30-31-32-33-34-35-36-37-38-39-40-41-42-44-46-49-52-55-58-61-64-67-73(76)79-70-71(69-78-72(75)66-63-60-57-54-51-48-45-27-24-21-18-15-12-9-6-3)80-74(77)68-65-62-59-56-53-50-47-43-29-26-23-20-17-14-11-8-5-2/h26,29,71H,4-25,27-28,30-70H2,1-3H3/b29-26-. The van der Waals surface area contributed by atoms with E-state index in [2.05, 4.69) is 32.9 Å². The maximum atomic E-state index is 12.9. The summed E-state index contributed by atoms with van der Waals surface area (Å²) in [6.45, 7) is 6.73. The van der Waals surface area contributed by atoms with Gasteiger partial charge in [-0.05, 0) is 44.9 Å². The molecular formula is C74H142O6. The first-order valence-corrected chi connectivity index (χ1v) is 36.7. The van der Waals surface area contributed by atoms with Gasteiger partial charge in [0.25, 0.3) is 0 Å². The Hall–Kier alpha value is -1.85. The van der Waals surface area contributed by atoms with Crippen LogP contribution in [0.1, 0.15) is 425 Å². The van der Waals surface area contributed by atoms with E-state index in [1.807, 2.05) is 0 Å². The van der Waals surface area contributed by atoms with Gasteiger partial charge < -0.3 is 14.2 Å². The summed E-state index contributed by atoms with van der Waals surface area (Å²) >= 11 is 0. The molecule has 0 bridgehead atoms. The minimum atomic E-state index is -0.769. The van der Waals surface area contributed by atoms with E-state index in [0.717, 1.165) is 57.8 Å². The van der Waals surface area contributed by atoms with Crippen molar-refractivity contribution in [1.82, 2.24) is 0 Å². The van der Waals surface area contributed by atoms with Gasteiger partial charge in [-0.2, -0.15) is 0 Å². The molecule has 80 heavy (non-hydrogen) atoms. The van der Waals surface area contributed by atoms with Crippen molar-refractivity contribution in [1.29, 1.82) is 0 Å². The predicted molar refractivity (Wildman–Crippen MR) is 349 cm³/mol. The molecule has 1 unspecified atom stereocenters. The highest BCUT2D eigenvalue weighted by Gasteiger charge is 2.20. The van der Waals surface area contributed by atoms with Crippen molar-refractivity contribution in [3.8, 4) is 0 Å². The zero-order chi connectivity index (χ0) is 57.8. The molecule has 0 aromatic carbocycles. The largest absolute Gasteiger partial charge is 0.462 e. The van der Waals surface area contributed by atoms with Crippen molar-refractivity contribution >= 4 is 17.9 Å². The van der Waals surface area contributed by atoms with Crippen molar-refractivity contribution in [2.75, 3.05) is 13.2 Å². The summed E-state index contributed by atoms with van der Waals surface area (Å²) in [5.41, 5.74) is 0. The second-order valence-corrected chi connectivity index (χ2v) is 25.2. The summed E-state index contributed by atoms with van der Waals surface area (Å²) in [4.78, 5) is 38.4. The lowest BCUT2D eigenvalue weighted by molar-refractivity contribution is -0.167. The minimum Gasteiger partial charge on any atom is -0.462 e. The molecule has 0 aliphatic rings. The van der Waals surface area contributed by atoms with Crippen molar-refractivity contribution < 1.29 is 28.6 Å². The summed E-state index contributed by atoms with van der Waals surface area (Å²) in [6, 6.07) is 0. The van der Waals surface area contributed by atoms with E-state index in [0.29, 0.717) is 19.3 Å². The van der Waals surface area contributed by atoms with Crippen molar-refractivity contribution in [3.63, 3.8) is 0 Å². The predicted octanol–water partition coefficient (Wildman–Crippen LogP) is 25.2. The first-order chi connectivity index (χ1) is 39.5. The molecular weight excluding hydrogens is 985 g/mol. The fraction of sp³-hybridized carbons (Fsp3) is 0.932. The van der Waals surface area contributed by atoms with Crippen LogP contribution in [0.2, 0.25) is 0 Å². The van der Waals surface area contributed by atoms with Crippen LogP contribution in [0.25, 0.3) is 0 Å². The van der Waals surface area contributed by atoms with Gasteiger partial charge >= 0.3 is 17.9 Å². The summed E-state index contributed by atoms with van der Waals surface area (Å²) in [5, 5.41) is 0. The molecule has 6 heteroatoms. The Morgan fingerprint density at radius 1 is 0.237 bits per heavy atom. The molecule has 0 heterocycles. The molecule has 474 valence electrons. The Balaban J connectivity index is 4.15. The van der Waals surface area contributed by atoms with E-state index >= 15 is 0 Å². The topological polar surface area (TPSA) is 78.9 Å². The lowest BCUT2D eigenvalue weighted by Crippen LogP contribution is -2.30. The average molecular weight is 1130 g/mol. The van der Waals surface area contributed by atoms with Crippen LogP contribution in [0.3, 0.4) is 0 Å². The molecule has 0 saturated heterocycles. The number of hydrogen-bond acceptors (Lipinski definition) is 6. The van der Waals surface area contributed by atoms with Gasteiger partial charge in [0.15, 0.2) is 6.10 Å². The van der Waals surface area contributed by atoms with Crippen LogP contribution in [-0.4, -0.2) is 37.2 Å². The van der Waals surface area contributed by atoms with E-state index < -0.39 is 6.10 Å². The fourth-order valence-corrected chi connectivity index (χ4v) is 11.5. The van der Waals surface area contributed by atoms with Crippen molar-refractivity contribution in [2.24, 2.45) is 0 Å². The first kappa shape index (κ1) is 78.1. The van der Waals surface area contributed by atoms with Crippen LogP contribution in [0.4, 0.5) is 0 Å². The van der Waals surface area contributed by atoms with Crippen molar-refractivity contribution in [3.05, 3.63) is 12.2 Å². The Morgan fingerprint density at radius 2 is 0.412 bits per heavy atom. The Kier molecular flexibility index (Phi) is 68.0. The van der Waals surface area contributed by atoms with Crippen molar-refractivity contribution in [2.45, 2.75) is 431 Å². The smallest absolute Gasteiger partial charge is 0.306 e. The minimum absolute atomic E-state index is 0.0648. The number of allylic oxidation sites excluding steroid dienone is 2. The highest BCUT2D eigenvalue weighted by Crippen LogP contribution is 2.19. The van der Waals surface area contributed by atoms with Crippen LogP contribution < -0.4 is 0 Å². The maximum Gasteiger partial charge on any atom is 0.306 e. The first-order valence-electron chi connectivity index (χ1n) is 36.7. The number of hydrogen-bond donors (Lipinski definition) is 0. The van der Waals surface area contributed by atoms with Gasteiger partial charge in [0.2, 0.25) is 0 Å². The van der Waals surface area contributed by atoms with Crippen LogP contribution in [0.15, 0.2) is 12.2 Å². The third-order valence-corrected chi connectivity index (χ3v) is 17.0. The molecule has 0 amide bonds. The molecule has 0 rings (SSSR count). The quantitative estimate of drug-likeness (QED) is 0.0261. The zero-order valence-corrected chi connectivity index (χ0v) is 54.6. The van der Waals surface area contributed by atoms with E-state index in [9.17, 15) is 14.4 Å². The molecule has 1 atom stereocenters. The van der Waals surface area contributed by atoms with E-state index in [4.69, 9.17) is 14.2 Å². The monoisotopic (exact) mass is 1130 g/mol. The zero-order valence-electron chi connectivity index (χ0n) is 54.6. The number of carbonyl (C=O) groups is 3. The van der Waals surface area contributed by atoms with Crippen LogP contribution in [0.5, 0.6) is 0 Å². The number of rotatable bonds is 69. The molecule has 0 spiro atoms. The number of ether oxygens (including phenoxy) is 3. The molecule has 0 aliphatic carbocycles. The number of unbranched alkanes of at least 4 members (excludes halogenated alkanes) is 56.